The number of hydrogen-bond acceptors (Lipinski definition) is 4. The molecule has 0 aromatic heterocycles. The number of carbonyl (C=O) groups excluding carboxylic acids is 3. The molecule has 21 heavy (non-hydrogen) atoms. The molecule has 2 saturated heterocycles. The zero-order chi connectivity index (χ0) is 14.9. The lowest BCUT2D eigenvalue weighted by Crippen LogP contribution is -2.41. The second kappa shape index (κ2) is 5.99. The minimum absolute atomic E-state index is 0.0213. The molecule has 3 rings (SSSR count). The molecule has 1 saturated carbocycles. The van der Waals surface area contributed by atoms with Gasteiger partial charge in [-0.3, -0.25) is 19.3 Å². The Morgan fingerprint density at radius 1 is 1.14 bits per heavy atom. The molecule has 6 heteroatoms. The molecule has 5 nitrogen and oxygen atoms in total. The predicted octanol–water partition coefficient (Wildman–Crippen LogP) is 1.27. The summed E-state index contributed by atoms with van der Waals surface area (Å²) in [7, 11) is 0. The van der Waals surface area contributed by atoms with Crippen LogP contribution in [0.4, 0.5) is 0 Å². The SMILES string of the molecule is O=C(CCN1C(=O)CC2(CCCC2)C1=O)N1CCSCC1. The van der Waals surface area contributed by atoms with Crippen LogP contribution in [0.3, 0.4) is 0 Å². The van der Waals surface area contributed by atoms with Gasteiger partial charge in [0.15, 0.2) is 0 Å². The van der Waals surface area contributed by atoms with Crippen LogP contribution >= 0.6 is 11.8 Å². The Labute approximate surface area is 129 Å². The molecular formula is C15H22N2O3S. The fourth-order valence-corrected chi connectivity index (χ4v) is 4.61. The molecule has 3 aliphatic rings. The fraction of sp³-hybridized carbons (Fsp3) is 0.800. The maximum Gasteiger partial charge on any atom is 0.235 e. The molecule has 0 aromatic rings. The molecule has 116 valence electrons. The lowest BCUT2D eigenvalue weighted by atomic mass is 9.84. The van der Waals surface area contributed by atoms with Gasteiger partial charge in [0.1, 0.15) is 0 Å². The Kier molecular flexibility index (Phi) is 4.24. The zero-order valence-corrected chi connectivity index (χ0v) is 13.1. The number of nitrogens with zero attached hydrogens (tertiary/aromatic N) is 2. The number of carbonyl (C=O) groups is 3. The first-order valence-corrected chi connectivity index (χ1v) is 8.98. The van der Waals surface area contributed by atoms with Crippen LogP contribution in [0, 0.1) is 5.41 Å². The molecule has 0 unspecified atom stereocenters. The number of thioether (sulfide) groups is 1. The Balaban J connectivity index is 1.56. The van der Waals surface area contributed by atoms with Gasteiger partial charge in [0.25, 0.3) is 0 Å². The maximum absolute atomic E-state index is 12.5. The van der Waals surface area contributed by atoms with E-state index >= 15 is 0 Å². The number of hydrogen-bond donors (Lipinski definition) is 0. The van der Waals surface area contributed by atoms with Crippen molar-refractivity contribution in [3.8, 4) is 0 Å². The lowest BCUT2D eigenvalue weighted by molar-refractivity contribution is -0.142. The standard InChI is InChI=1S/C15H22N2O3S/c18-12(16-7-9-21-10-8-16)3-6-17-13(19)11-15(14(17)20)4-1-2-5-15/h1-11H2. The fourth-order valence-electron chi connectivity index (χ4n) is 3.71. The average Bonchev–Trinajstić information content (AvgIpc) is 3.05. The second-order valence-corrected chi connectivity index (χ2v) is 7.48. The molecule has 0 aromatic carbocycles. The van der Waals surface area contributed by atoms with Gasteiger partial charge in [-0.2, -0.15) is 11.8 Å². The molecule has 3 amide bonds. The van der Waals surface area contributed by atoms with E-state index in [4.69, 9.17) is 0 Å². The Hall–Kier alpha value is -1.04. The number of likely N-dealkylation sites (tertiary alicyclic amines) is 1. The molecule has 1 aliphatic carbocycles. The van der Waals surface area contributed by atoms with Gasteiger partial charge >= 0.3 is 0 Å². The third kappa shape index (κ3) is 2.82. The maximum atomic E-state index is 12.5. The zero-order valence-electron chi connectivity index (χ0n) is 12.3. The molecule has 3 fully saturated rings. The molecule has 2 heterocycles. The highest BCUT2D eigenvalue weighted by Gasteiger charge is 2.52. The van der Waals surface area contributed by atoms with Crippen molar-refractivity contribution in [3.05, 3.63) is 0 Å². The van der Waals surface area contributed by atoms with Crippen molar-refractivity contribution < 1.29 is 14.4 Å². The van der Waals surface area contributed by atoms with Crippen molar-refractivity contribution in [1.29, 1.82) is 0 Å². The van der Waals surface area contributed by atoms with Crippen LogP contribution in [-0.2, 0) is 14.4 Å². The molecule has 0 atom stereocenters. The van der Waals surface area contributed by atoms with Gasteiger partial charge in [-0.05, 0) is 12.8 Å². The summed E-state index contributed by atoms with van der Waals surface area (Å²) in [6.45, 7) is 1.84. The van der Waals surface area contributed by atoms with Gasteiger partial charge in [-0.1, -0.05) is 12.8 Å². The van der Waals surface area contributed by atoms with Crippen LogP contribution in [0.15, 0.2) is 0 Å². The van der Waals surface area contributed by atoms with E-state index < -0.39 is 5.41 Å². The molecule has 0 radical (unpaired) electrons. The van der Waals surface area contributed by atoms with E-state index in [1.54, 1.807) is 0 Å². The lowest BCUT2D eigenvalue weighted by Gasteiger charge is -2.27. The van der Waals surface area contributed by atoms with E-state index in [1.807, 2.05) is 16.7 Å². The monoisotopic (exact) mass is 310 g/mol. The van der Waals surface area contributed by atoms with Gasteiger partial charge < -0.3 is 4.90 Å². The summed E-state index contributed by atoms with van der Waals surface area (Å²) in [6, 6.07) is 0. The van der Waals surface area contributed by atoms with E-state index in [0.29, 0.717) is 6.42 Å². The average molecular weight is 310 g/mol. The van der Waals surface area contributed by atoms with Crippen molar-refractivity contribution in [2.45, 2.75) is 38.5 Å². The van der Waals surface area contributed by atoms with Crippen molar-refractivity contribution in [2.75, 3.05) is 31.1 Å². The molecule has 0 bridgehead atoms. The summed E-state index contributed by atoms with van der Waals surface area (Å²) < 4.78 is 0. The van der Waals surface area contributed by atoms with Crippen LogP contribution in [0.5, 0.6) is 0 Å². The van der Waals surface area contributed by atoms with Crippen molar-refractivity contribution in [3.63, 3.8) is 0 Å². The number of amides is 3. The Morgan fingerprint density at radius 3 is 2.48 bits per heavy atom. The highest BCUT2D eigenvalue weighted by Crippen LogP contribution is 2.46. The predicted molar refractivity (Wildman–Crippen MR) is 80.8 cm³/mol. The first-order valence-electron chi connectivity index (χ1n) is 7.83. The van der Waals surface area contributed by atoms with E-state index in [1.165, 1.54) is 4.90 Å². The van der Waals surface area contributed by atoms with E-state index in [0.717, 1.165) is 50.3 Å². The van der Waals surface area contributed by atoms with Crippen LogP contribution in [0.25, 0.3) is 0 Å². The topological polar surface area (TPSA) is 57.7 Å². The second-order valence-electron chi connectivity index (χ2n) is 6.26. The van der Waals surface area contributed by atoms with E-state index in [2.05, 4.69) is 0 Å². The van der Waals surface area contributed by atoms with Gasteiger partial charge in [0, 0.05) is 44.0 Å². The summed E-state index contributed by atoms with van der Waals surface area (Å²) in [5.74, 6) is 1.94. The van der Waals surface area contributed by atoms with Gasteiger partial charge in [-0.25, -0.2) is 0 Å². The Bertz CT molecular complexity index is 454. The summed E-state index contributed by atoms with van der Waals surface area (Å²) in [5.41, 5.74) is -0.415. The largest absolute Gasteiger partial charge is 0.341 e. The molecule has 0 N–H and O–H groups in total. The van der Waals surface area contributed by atoms with Gasteiger partial charge in [0.2, 0.25) is 17.7 Å². The summed E-state index contributed by atoms with van der Waals surface area (Å²) >= 11 is 1.86. The molecule has 2 aliphatic heterocycles. The summed E-state index contributed by atoms with van der Waals surface area (Å²) in [4.78, 5) is 40.0. The number of imide groups is 1. The van der Waals surface area contributed by atoms with Crippen LogP contribution in [-0.4, -0.2) is 58.7 Å². The van der Waals surface area contributed by atoms with E-state index in [-0.39, 0.29) is 30.7 Å². The minimum Gasteiger partial charge on any atom is -0.341 e. The first kappa shape index (κ1) is 14.9. The quantitative estimate of drug-likeness (QED) is 0.737. The minimum atomic E-state index is -0.415. The van der Waals surface area contributed by atoms with Crippen LogP contribution in [0.1, 0.15) is 38.5 Å². The van der Waals surface area contributed by atoms with Crippen LogP contribution in [0.2, 0.25) is 0 Å². The van der Waals surface area contributed by atoms with Crippen LogP contribution < -0.4 is 0 Å². The smallest absolute Gasteiger partial charge is 0.235 e. The number of rotatable bonds is 3. The first-order chi connectivity index (χ1) is 10.1. The highest BCUT2D eigenvalue weighted by molar-refractivity contribution is 7.99. The van der Waals surface area contributed by atoms with Crippen molar-refractivity contribution in [1.82, 2.24) is 9.80 Å². The van der Waals surface area contributed by atoms with Crippen molar-refractivity contribution >= 4 is 29.5 Å². The Morgan fingerprint density at radius 2 is 1.81 bits per heavy atom. The third-order valence-corrected chi connectivity index (χ3v) is 5.91. The molecule has 1 spiro atoms. The van der Waals surface area contributed by atoms with Gasteiger partial charge in [0.05, 0.1) is 5.41 Å². The van der Waals surface area contributed by atoms with Gasteiger partial charge in [-0.15, -0.1) is 0 Å². The van der Waals surface area contributed by atoms with E-state index in [9.17, 15) is 14.4 Å². The summed E-state index contributed by atoms with van der Waals surface area (Å²) in [5, 5.41) is 0. The highest BCUT2D eigenvalue weighted by atomic mass is 32.2. The molecular weight excluding hydrogens is 288 g/mol. The third-order valence-electron chi connectivity index (χ3n) is 4.96. The van der Waals surface area contributed by atoms with Crippen molar-refractivity contribution in [2.24, 2.45) is 5.41 Å². The summed E-state index contributed by atoms with van der Waals surface area (Å²) in [6.07, 6.45) is 4.39. The normalized spacial score (nSPS) is 25.1.